The van der Waals surface area contributed by atoms with Crippen LogP contribution in [0.15, 0.2) is 72.8 Å². The van der Waals surface area contributed by atoms with Crippen molar-refractivity contribution in [2.45, 2.75) is 38.9 Å². The standard InChI is InChI=1S/C39H48N4O6/c44-37(45)34(31-16-40-17-31)13-25-4-1-7-28(10-25)22-43(23-29-8-2-5-26(11-29)14-35(38(46)47)32-18-41-19-32)24-30-9-3-6-27(12-30)15-36(39(48)49)33-20-42-21-33/h1-12,31-36,40-42H,13-24H2,(H,44,45)(H,46,47)(H,48,49). The predicted octanol–water partition coefficient (Wildman–Crippen LogP) is 3.28. The molecule has 3 aromatic carbocycles. The van der Waals surface area contributed by atoms with Gasteiger partial charge in [-0.25, -0.2) is 0 Å². The molecule has 49 heavy (non-hydrogen) atoms. The molecular weight excluding hydrogens is 620 g/mol. The fraction of sp³-hybridized carbons (Fsp3) is 0.462. The van der Waals surface area contributed by atoms with E-state index in [1.807, 2.05) is 36.4 Å². The number of nitrogens with zero attached hydrogens (tertiary/aromatic N) is 1. The van der Waals surface area contributed by atoms with Gasteiger partial charge in [-0.1, -0.05) is 72.8 Å². The van der Waals surface area contributed by atoms with Crippen LogP contribution in [0, 0.1) is 35.5 Å². The molecule has 3 saturated heterocycles. The van der Waals surface area contributed by atoms with Crippen molar-refractivity contribution in [2.75, 3.05) is 39.3 Å². The van der Waals surface area contributed by atoms with E-state index < -0.39 is 35.7 Å². The SMILES string of the molecule is O=C(O)C(Cc1cccc(CN(Cc2cccc(CC(C(=O)O)C3CNC3)c2)Cc2cccc(CC(C(=O)O)C3CNC3)c2)c1)C1CNC1. The third kappa shape index (κ3) is 9.13. The third-order valence-corrected chi connectivity index (χ3v) is 10.7. The van der Waals surface area contributed by atoms with Crippen LogP contribution < -0.4 is 16.0 Å². The van der Waals surface area contributed by atoms with E-state index >= 15 is 0 Å². The molecule has 3 aromatic rings. The summed E-state index contributed by atoms with van der Waals surface area (Å²) in [6.07, 6.45) is 1.46. The Hall–Kier alpha value is -4.09. The topological polar surface area (TPSA) is 151 Å². The maximum absolute atomic E-state index is 12.1. The molecule has 3 aliphatic rings. The first-order chi connectivity index (χ1) is 23.7. The number of carboxylic acids is 3. The van der Waals surface area contributed by atoms with E-state index in [9.17, 15) is 29.7 Å². The molecule has 3 aliphatic heterocycles. The Morgan fingerprint density at radius 1 is 0.510 bits per heavy atom. The summed E-state index contributed by atoms with van der Waals surface area (Å²) in [5.41, 5.74) is 6.30. The Morgan fingerprint density at radius 3 is 1.00 bits per heavy atom. The maximum atomic E-state index is 12.1. The maximum Gasteiger partial charge on any atom is 0.307 e. The molecular formula is C39H48N4O6. The smallest absolute Gasteiger partial charge is 0.307 e. The van der Waals surface area contributed by atoms with Crippen LogP contribution in [0.25, 0.3) is 0 Å². The lowest BCUT2D eigenvalue weighted by molar-refractivity contribution is -0.145. The first kappa shape index (κ1) is 34.8. The van der Waals surface area contributed by atoms with Crippen LogP contribution in [-0.2, 0) is 53.3 Å². The lowest BCUT2D eigenvalue weighted by atomic mass is 9.83. The molecule has 0 aromatic heterocycles. The second-order valence-corrected chi connectivity index (χ2v) is 14.3. The number of benzene rings is 3. The number of rotatable bonds is 18. The molecule has 10 heteroatoms. The average Bonchev–Trinajstić information content (AvgIpc) is 2.98. The van der Waals surface area contributed by atoms with E-state index in [0.29, 0.717) is 38.9 Å². The summed E-state index contributed by atoms with van der Waals surface area (Å²) in [7, 11) is 0. The number of hydrogen-bond acceptors (Lipinski definition) is 7. The molecule has 0 bridgehead atoms. The zero-order valence-electron chi connectivity index (χ0n) is 27.9. The van der Waals surface area contributed by atoms with Crippen LogP contribution in [-0.4, -0.2) is 77.4 Å². The average molecular weight is 669 g/mol. The van der Waals surface area contributed by atoms with Crippen LogP contribution >= 0.6 is 0 Å². The first-order valence-electron chi connectivity index (χ1n) is 17.5. The van der Waals surface area contributed by atoms with Gasteiger partial charge in [0.15, 0.2) is 0 Å². The number of aliphatic carboxylic acids is 3. The minimum Gasteiger partial charge on any atom is -0.481 e. The van der Waals surface area contributed by atoms with Gasteiger partial charge in [-0.3, -0.25) is 19.3 Å². The number of hydrogen-bond donors (Lipinski definition) is 6. The van der Waals surface area contributed by atoms with E-state index in [1.54, 1.807) is 0 Å². The van der Waals surface area contributed by atoms with Gasteiger partial charge in [0, 0.05) is 58.9 Å². The van der Waals surface area contributed by atoms with Crippen molar-refractivity contribution in [1.82, 2.24) is 20.9 Å². The van der Waals surface area contributed by atoms with Gasteiger partial charge in [0.25, 0.3) is 0 Å². The molecule has 0 radical (unpaired) electrons. The van der Waals surface area contributed by atoms with Gasteiger partial charge in [-0.15, -0.1) is 0 Å². The van der Waals surface area contributed by atoms with Gasteiger partial charge in [-0.2, -0.15) is 0 Å². The summed E-state index contributed by atoms with van der Waals surface area (Å²) in [6.45, 7) is 6.29. The summed E-state index contributed by atoms with van der Waals surface area (Å²) < 4.78 is 0. The van der Waals surface area contributed by atoms with Crippen LogP contribution in [0.3, 0.4) is 0 Å². The van der Waals surface area contributed by atoms with Crippen LogP contribution in [0.4, 0.5) is 0 Å². The highest BCUT2D eigenvalue weighted by molar-refractivity contribution is 5.72. The van der Waals surface area contributed by atoms with Crippen molar-refractivity contribution in [3.8, 4) is 0 Å². The Labute approximate surface area is 287 Å². The quantitative estimate of drug-likeness (QED) is 0.119. The van der Waals surface area contributed by atoms with Crippen molar-refractivity contribution in [3.05, 3.63) is 106 Å². The monoisotopic (exact) mass is 668 g/mol. The van der Waals surface area contributed by atoms with Gasteiger partial charge >= 0.3 is 17.9 Å². The molecule has 3 unspecified atom stereocenters. The van der Waals surface area contributed by atoms with Gasteiger partial charge in [0.1, 0.15) is 0 Å². The second-order valence-electron chi connectivity index (χ2n) is 14.3. The molecule has 0 saturated carbocycles. The van der Waals surface area contributed by atoms with Crippen molar-refractivity contribution < 1.29 is 29.7 Å². The lowest BCUT2D eigenvalue weighted by Gasteiger charge is -2.32. The Bertz CT molecular complexity index is 1430. The molecule has 3 atom stereocenters. The molecule has 3 heterocycles. The largest absolute Gasteiger partial charge is 0.481 e. The van der Waals surface area contributed by atoms with Gasteiger partial charge in [-0.05, 0) is 70.4 Å². The Kier molecular flexibility index (Phi) is 11.4. The second kappa shape index (κ2) is 16.1. The molecule has 0 aliphatic carbocycles. The molecule has 3 fully saturated rings. The zero-order chi connectivity index (χ0) is 34.3. The van der Waals surface area contributed by atoms with Gasteiger partial charge < -0.3 is 31.3 Å². The Balaban J connectivity index is 1.21. The first-order valence-corrected chi connectivity index (χ1v) is 17.5. The summed E-state index contributed by atoms with van der Waals surface area (Å²) in [6, 6.07) is 24.7. The minimum atomic E-state index is -0.754. The van der Waals surface area contributed by atoms with Crippen molar-refractivity contribution in [3.63, 3.8) is 0 Å². The molecule has 6 N–H and O–H groups in total. The zero-order valence-corrected chi connectivity index (χ0v) is 27.9. The fourth-order valence-corrected chi connectivity index (χ4v) is 7.42. The number of carboxylic acid groups (broad SMARTS) is 3. The number of carbonyl (C=O) groups is 3. The fourth-order valence-electron chi connectivity index (χ4n) is 7.42. The van der Waals surface area contributed by atoms with Gasteiger partial charge in [0.05, 0.1) is 17.8 Å². The number of nitrogens with one attached hydrogen (secondary N) is 3. The molecule has 10 nitrogen and oxygen atoms in total. The summed E-state index contributed by atoms with van der Waals surface area (Å²) in [4.78, 5) is 38.6. The lowest BCUT2D eigenvalue weighted by Crippen LogP contribution is -2.48. The van der Waals surface area contributed by atoms with Crippen molar-refractivity contribution >= 4 is 17.9 Å². The Morgan fingerprint density at radius 2 is 0.776 bits per heavy atom. The van der Waals surface area contributed by atoms with Crippen LogP contribution in [0.2, 0.25) is 0 Å². The minimum absolute atomic E-state index is 0.139. The predicted molar refractivity (Wildman–Crippen MR) is 186 cm³/mol. The van der Waals surface area contributed by atoms with E-state index in [-0.39, 0.29) is 17.8 Å². The van der Waals surface area contributed by atoms with E-state index in [2.05, 4.69) is 57.2 Å². The summed E-state index contributed by atoms with van der Waals surface area (Å²) >= 11 is 0. The molecule has 260 valence electrons. The van der Waals surface area contributed by atoms with Crippen LogP contribution in [0.5, 0.6) is 0 Å². The third-order valence-electron chi connectivity index (χ3n) is 10.7. The van der Waals surface area contributed by atoms with Crippen molar-refractivity contribution in [2.24, 2.45) is 35.5 Å². The van der Waals surface area contributed by atoms with Gasteiger partial charge in [0.2, 0.25) is 0 Å². The molecule has 0 amide bonds. The highest BCUT2D eigenvalue weighted by atomic mass is 16.4. The van der Waals surface area contributed by atoms with E-state index in [4.69, 9.17) is 0 Å². The summed E-state index contributed by atoms with van der Waals surface area (Å²) in [5, 5.41) is 39.3. The highest BCUT2D eigenvalue weighted by Gasteiger charge is 2.34. The highest BCUT2D eigenvalue weighted by Crippen LogP contribution is 2.26. The van der Waals surface area contributed by atoms with Crippen LogP contribution in [0.1, 0.15) is 33.4 Å². The summed E-state index contributed by atoms with van der Waals surface area (Å²) in [5.74, 6) is -3.11. The molecule has 6 rings (SSSR count). The molecule has 0 spiro atoms. The van der Waals surface area contributed by atoms with E-state index in [1.165, 1.54) is 0 Å². The normalized spacial score (nSPS) is 18.6. The van der Waals surface area contributed by atoms with E-state index in [0.717, 1.165) is 72.6 Å². The van der Waals surface area contributed by atoms with Crippen molar-refractivity contribution in [1.29, 1.82) is 0 Å².